The number of carboxylic acids is 1. The van der Waals surface area contributed by atoms with Crippen molar-refractivity contribution in [1.29, 1.82) is 0 Å². The molecule has 0 saturated carbocycles. The molecule has 128 valence electrons. The predicted octanol–water partition coefficient (Wildman–Crippen LogP) is 5.70. The third-order valence-electron chi connectivity index (χ3n) is 3.57. The second kappa shape index (κ2) is 16.1. The lowest BCUT2D eigenvalue weighted by molar-refractivity contribution is -0.205. The maximum Gasteiger partial charge on any atom is 0.303 e. The third kappa shape index (κ3) is 15.1. The van der Waals surface area contributed by atoms with Crippen molar-refractivity contribution in [3.05, 3.63) is 24.0 Å². The van der Waals surface area contributed by atoms with Gasteiger partial charge in [0, 0.05) is 12.8 Å². The molecule has 0 aromatic rings. The van der Waals surface area contributed by atoms with Gasteiger partial charge in [0.25, 0.3) is 0 Å². The lowest BCUT2D eigenvalue weighted by Crippen LogP contribution is -1.93. The van der Waals surface area contributed by atoms with Gasteiger partial charge in [-0.1, -0.05) is 57.6 Å². The van der Waals surface area contributed by atoms with E-state index in [1.54, 1.807) is 0 Å². The van der Waals surface area contributed by atoms with Crippen LogP contribution in [0.2, 0.25) is 0 Å². The van der Waals surface area contributed by atoms with Crippen molar-refractivity contribution >= 4 is 5.97 Å². The van der Waals surface area contributed by atoms with Crippen molar-refractivity contribution in [3.63, 3.8) is 0 Å². The first kappa shape index (κ1) is 20.7. The van der Waals surface area contributed by atoms with Crippen LogP contribution in [0.5, 0.6) is 0 Å². The molecular formula is C18H32O4. The number of hydrogen-bond donors (Lipinski definition) is 2. The second-order valence-electron chi connectivity index (χ2n) is 5.66. The minimum absolute atomic E-state index is 0.294. The number of carbonyl (C=O) groups is 1. The molecule has 0 aliphatic heterocycles. The average molecular weight is 312 g/mol. The van der Waals surface area contributed by atoms with Crippen LogP contribution in [0, 0.1) is 0 Å². The zero-order valence-corrected chi connectivity index (χ0v) is 13.9. The molecular weight excluding hydrogens is 280 g/mol. The van der Waals surface area contributed by atoms with Crippen LogP contribution in [0.1, 0.15) is 84.0 Å². The van der Waals surface area contributed by atoms with Gasteiger partial charge in [0.2, 0.25) is 0 Å². The molecule has 0 radical (unpaired) electrons. The lowest BCUT2D eigenvalue weighted by atomic mass is 10.1. The summed E-state index contributed by atoms with van der Waals surface area (Å²) in [6, 6.07) is 0. The van der Waals surface area contributed by atoms with E-state index >= 15 is 0 Å². The van der Waals surface area contributed by atoms with E-state index in [2.05, 4.69) is 17.9 Å². The Hall–Kier alpha value is -1.29. The van der Waals surface area contributed by atoms with E-state index in [-0.39, 0.29) is 0 Å². The van der Waals surface area contributed by atoms with Crippen molar-refractivity contribution in [2.45, 2.75) is 84.0 Å². The normalized spacial score (nSPS) is 12.0. The Labute approximate surface area is 134 Å². The average Bonchev–Trinajstić information content (AvgIpc) is 2.50. The zero-order chi connectivity index (χ0) is 16.5. The molecule has 0 aliphatic rings. The Bertz CT molecular complexity index is 321. The molecule has 0 amide bonds. The van der Waals surface area contributed by atoms with Gasteiger partial charge >= 0.3 is 5.97 Å². The summed E-state index contributed by atoms with van der Waals surface area (Å²) in [5, 5.41) is 17.3. The van der Waals surface area contributed by atoms with E-state index in [0.29, 0.717) is 12.2 Å². The summed E-state index contributed by atoms with van der Waals surface area (Å²) in [7, 11) is 0. The molecule has 0 aromatic carbocycles. The largest absolute Gasteiger partial charge is 0.481 e. The Morgan fingerprint density at radius 2 is 1.59 bits per heavy atom. The molecule has 0 atom stereocenters. The van der Waals surface area contributed by atoms with Crippen LogP contribution in [0.25, 0.3) is 0 Å². The van der Waals surface area contributed by atoms with E-state index in [1.165, 1.54) is 12.8 Å². The van der Waals surface area contributed by atoms with Gasteiger partial charge in [-0.15, -0.1) is 0 Å². The molecule has 0 aromatic heterocycles. The molecule has 22 heavy (non-hydrogen) atoms. The first-order chi connectivity index (χ1) is 10.7. The Morgan fingerprint density at radius 3 is 2.23 bits per heavy atom. The van der Waals surface area contributed by atoms with Crippen LogP contribution in [-0.2, 0) is 9.68 Å². The summed E-state index contributed by atoms with van der Waals surface area (Å²) in [6.07, 6.45) is 17.8. The van der Waals surface area contributed by atoms with Gasteiger partial charge in [0.1, 0.15) is 5.76 Å². The van der Waals surface area contributed by atoms with Gasteiger partial charge < -0.3 is 9.99 Å². The summed E-state index contributed by atoms with van der Waals surface area (Å²) in [4.78, 5) is 14.7. The number of hydrogen-bond acceptors (Lipinski definition) is 3. The topological polar surface area (TPSA) is 66.8 Å². The molecule has 0 bridgehead atoms. The van der Waals surface area contributed by atoms with Gasteiger partial charge in [-0.25, -0.2) is 5.26 Å². The monoisotopic (exact) mass is 312 g/mol. The first-order valence-corrected chi connectivity index (χ1v) is 8.59. The van der Waals surface area contributed by atoms with Crippen molar-refractivity contribution in [1.82, 2.24) is 0 Å². The fourth-order valence-corrected chi connectivity index (χ4v) is 2.23. The minimum Gasteiger partial charge on any atom is -0.481 e. The summed E-state index contributed by atoms with van der Waals surface area (Å²) >= 11 is 0. The SMILES string of the molecule is CCCCC/C(=C\C=C\CCCCCCCCC(=O)O)OO. The summed E-state index contributed by atoms with van der Waals surface area (Å²) in [5.41, 5.74) is 0. The third-order valence-corrected chi connectivity index (χ3v) is 3.57. The van der Waals surface area contributed by atoms with Gasteiger partial charge in [0.15, 0.2) is 0 Å². The molecule has 4 heteroatoms. The van der Waals surface area contributed by atoms with Crippen molar-refractivity contribution in [2.75, 3.05) is 0 Å². The molecule has 4 nitrogen and oxygen atoms in total. The fraction of sp³-hybridized carbons (Fsp3) is 0.722. The number of unbranched alkanes of at least 4 members (excludes halogenated alkanes) is 8. The Morgan fingerprint density at radius 1 is 0.955 bits per heavy atom. The first-order valence-electron chi connectivity index (χ1n) is 8.59. The molecule has 0 saturated heterocycles. The lowest BCUT2D eigenvalue weighted by Gasteiger charge is -2.01. The highest BCUT2D eigenvalue weighted by Crippen LogP contribution is 2.11. The van der Waals surface area contributed by atoms with E-state index in [0.717, 1.165) is 57.8 Å². The highest BCUT2D eigenvalue weighted by atomic mass is 17.1. The quantitative estimate of drug-likeness (QED) is 0.134. The van der Waals surface area contributed by atoms with Gasteiger partial charge in [0.05, 0.1) is 0 Å². The highest BCUT2D eigenvalue weighted by Gasteiger charge is 1.97. The number of aliphatic carboxylic acids is 1. The highest BCUT2D eigenvalue weighted by molar-refractivity contribution is 5.66. The van der Waals surface area contributed by atoms with Crippen LogP contribution in [0.15, 0.2) is 24.0 Å². The van der Waals surface area contributed by atoms with Crippen LogP contribution in [0.4, 0.5) is 0 Å². The van der Waals surface area contributed by atoms with Gasteiger partial charge in [-0.2, -0.15) is 0 Å². The number of rotatable bonds is 15. The predicted molar refractivity (Wildman–Crippen MR) is 89.7 cm³/mol. The van der Waals surface area contributed by atoms with Crippen LogP contribution in [-0.4, -0.2) is 16.3 Å². The summed E-state index contributed by atoms with van der Waals surface area (Å²) < 4.78 is 0. The molecule has 0 rings (SSSR count). The minimum atomic E-state index is -0.695. The van der Waals surface area contributed by atoms with Crippen LogP contribution in [0.3, 0.4) is 0 Å². The summed E-state index contributed by atoms with van der Waals surface area (Å²) in [5.74, 6) is -0.0674. The second-order valence-corrected chi connectivity index (χ2v) is 5.66. The molecule has 0 aliphatic carbocycles. The van der Waals surface area contributed by atoms with Crippen LogP contribution < -0.4 is 0 Å². The zero-order valence-electron chi connectivity index (χ0n) is 13.9. The standard InChI is InChI=1S/C18H32O4/c1-2-3-11-14-17(22-21)15-12-9-7-5-4-6-8-10-13-16-18(19)20/h9,12,15,21H,2-8,10-11,13-14,16H2,1H3,(H,19,20)/b12-9+,17-15+. The van der Waals surface area contributed by atoms with Crippen molar-refractivity contribution in [2.24, 2.45) is 0 Å². The van der Waals surface area contributed by atoms with Crippen molar-refractivity contribution in [3.8, 4) is 0 Å². The van der Waals surface area contributed by atoms with Crippen molar-refractivity contribution < 1.29 is 20.0 Å². The molecule has 0 unspecified atom stereocenters. The Balaban J connectivity index is 3.50. The van der Waals surface area contributed by atoms with Gasteiger partial charge in [-0.05, 0) is 31.8 Å². The van der Waals surface area contributed by atoms with E-state index in [9.17, 15) is 4.79 Å². The smallest absolute Gasteiger partial charge is 0.303 e. The number of carboxylic acid groups (broad SMARTS) is 1. The number of allylic oxidation sites excluding steroid dienone is 4. The van der Waals surface area contributed by atoms with Gasteiger partial charge in [-0.3, -0.25) is 4.79 Å². The maximum atomic E-state index is 10.3. The van der Waals surface area contributed by atoms with E-state index in [4.69, 9.17) is 10.4 Å². The summed E-state index contributed by atoms with van der Waals surface area (Å²) in [6.45, 7) is 2.15. The molecule has 0 spiro atoms. The fourth-order valence-electron chi connectivity index (χ4n) is 2.23. The Kier molecular flexibility index (Phi) is 15.1. The van der Waals surface area contributed by atoms with E-state index < -0.39 is 5.97 Å². The maximum absolute atomic E-state index is 10.3. The van der Waals surface area contributed by atoms with Crippen LogP contribution >= 0.6 is 0 Å². The molecule has 0 fully saturated rings. The molecule has 0 heterocycles. The molecule has 2 N–H and O–H groups in total. The van der Waals surface area contributed by atoms with E-state index in [1.807, 2.05) is 12.2 Å².